The summed E-state index contributed by atoms with van der Waals surface area (Å²) in [5, 5.41) is 15.7. The van der Waals surface area contributed by atoms with Gasteiger partial charge in [-0.2, -0.15) is 5.10 Å². The Morgan fingerprint density at radius 3 is 2.50 bits per heavy atom. The Kier molecular flexibility index (Phi) is 6.26. The van der Waals surface area contributed by atoms with Crippen molar-refractivity contribution in [2.45, 2.75) is 19.6 Å². The summed E-state index contributed by atoms with van der Waals surface area (Å²) in [5.74, 6) is 0.636. The van der Waals surface area contributed by atoms with Gasteiger partial charge < -0.3 is 10.1 Å². The lowest BCUT2D eigenvalue weighted by molar-refractivity contribution is 0.155. The zero-order valence-electron chi connectivity index (χ0n) is 17.3. The predicted molar refractivity (Wildman–Crippen MR) is 121 cm³/mol. The summed E-state index contributed by atoms with van der Waals surface area (Å²) in [6.07, 6.45) is 0.890. The molecule has 4 rings (SSSR count). The molecule has 162 valence electrons. The van der Waals surface area contributed by atoms with E-state index in [0.717, 1.165) is 11.1 Å². The molecule has 4 aromatic rings. The molecule has 3 amide bonds. The molecule has 4 N–H and O–H groups in total. The zero-order valence-corrected chi connectivity index (χ0v) is 17.3. The van der Waals surface area contributed by atoms with E-state index in [4.69, 9.17) is 4.74 Å². The number of nitrogens with one attached hydrogen (secondary N) is 4. The van der Waals surface area contributed by atoms with Crippen LogP contribution in [-0.4, -0.2) is 27.3 Å². The second-order valence-electron chi connectivity index (χ2n) is 7.10. The maximum atomic E-state index is 12.3. The molecule has 9 heteroatoms. The third-order valence-electron chi connectivity index (χ3n) is 4.77. The highest BCUT2D eigenvalue weighted by Gasteiger charge is 2.14. The second kappa shape index (κ2) is 9.61. The fourth-order valence-corrected chi connectivity index (χ4v) is 3.11. The topological polar surface area (TPSA) is 121 Å². The Bertz CT molecular complexity index is 1210. The van der Waals surface area contributed by atoms with Crippen molar-refractivity contribution in [1.82, 2.24) is 20.5 Å². The number of carbonyl (C=O) groups excluding carboxylic acids is 2. The number of amides is 3. The smallest absolute Gasteiger partial charge is 0.413 e. The van der Waals surface area contributed by atoms with Crippen LogP contribution in [-0.2, 0) is 11.3 Å². The number of hydrogen-bond acceptors (Lipinski definition) is 5. The first-order chi connectivity index (χ1) is 15.6. The maximum absolute atomic E-state index is 12.3. The number of benzene rings is 2. The van der Waals surface area contributed by atoms with Crippen LogP contribution in [0.2, 0.25) is 0 Å². The SMILES string of the molecule is CC(NC(=O)Nc1cc2[nH]nc(NC(=O)OCc3ccccc3)c2cn1)c1ccccc1. The lowest BCUT2D eigenvalue weighted by Gasteiger charge is -2.14. The van der Waals surface area contributed by atoms with Crippen molar-refractivity contribution in [3.8, 4) is 0 Å². The van der Waals surface area contributed by atoms with Crippen LogP contribution in [0.3, 0.4) is 0 Å². The van der Waals surface area contributed by atoms with Crippen molar-refractivity contribution in [1.29, 1.82) is 0 Å². The molecule has 0 aliphatic heterocycles. The average Bonchev–Trinajstić information content (AvgIpc) is 3.20. The first-order valence-electron chi connectivity index (χ1n) is 10.0. The van der Waals surface area contributed by atoms with Gasteiger partial charge in [0.1, 0.15) is 12.4 Å². The van der Waals surface area contributed by atoms with Crippen molar-refractivity contribution in [2.24, 2.45) is 0 Å². The normalized spacial score (nSPS) is 11.5. The standard InChI is InChI=1S/C23H22N6O3/c1-15(17-10-6-3-7-11-17)25-22(30)26-20-12-19-18(13-24-20)21(29-28-19)27-23(31)32-14-16-8-4-2-5-9-16/h2-13,15H,14H2,1H3,(H2,24,25,26,30)(H2,27,28,29,31). The van der Waals surface area contributed by atoms with Gasteiger partial charge >= 0.3 is 12.1 Å². The molecule has 2 aromatic carbocycles. The highest BCUT2D eigenvalue weighted by atomic mass is 16.5. The number of urea groups is 1. The molecule has 0 aliphatic rings. The van der Waals surface area contributed by atoms with Gasteiger partial charge in [-0.25, -0.2) is 14.6 Å². The van der Waals surface area contributed by atoms with Crippen LogP contribution >= 0.6 is 0 Å². The molecule has 0 radical (unpaired) electrons. The number of fused-ring (bicyclic) bond motifs is 1. The van der Waals surface area contributed by atoms with E-state index < -0.39 is 6.09 Å². The van der Waals surface area contributed by atoms with Crippen LogP contribution in [0.1, 0.15) is 24.1 Å². The van der Waals surface area contributed by atoms with E-state index >= 15 is 0 Å². The number of hydrogen-bond donors (Lipinski definition) is 4. The van der Waals surface area contributed by atoms with Gasteiger partial charge in [-0.3, -0.25) is 15.7 Å². The molecule has 0 saturated carbocycles. The van der Waals surface area contributed by atoms with Crippen LogP contribution in [0, 0.1) is 0 Å². The molecule has 2 aromatic heterocycles. The number of ether oxygens (including phenoxy) is 1. The van der Waals surface area contributed by atoms with E-state index in [0.29, 0.717) is 22.5 Å². The summed E-state index contributed by atoms with van der Waals surface area (Å²) in [6.45, 7) is 2.05. The van der Waals surface area contributed by atoms with Crippen LogP contribution in [0.15, 0.2) is 72.9 Å². The monoisotopic (exact) mass is 430 g/mol. The van der Waals surface area contributed by atoms with E-state index in [-0.39, 0.29) is 18.7 Å². The van der Waals surface area contributed by atoms with Crippen molar-refractivity contribution in [3.63, 3.8) is 0 Å². The molecule has 2 heterocycles. The van der Waals surface area contributed by atoms with Crippen LogP contribution in [0.5, 0.6) is 0 Å². The summed E-state index contributed by atoms with van der Waals surface area (Å²) in [4.78, 5) is 28.6. The Hall–Kier alpha value is -4.40. The zero-order chi connectivity index (χ0) is 22.3. The predicted octanol–water partition coefficient (Wildman–Crippen LogP) is 4.59. The molecule has 1 atom stereocenters. The van der Waals surface area contributed by atoms with E-state index in [1.54, 1.807) is 6.07 Å². The minimum Gasteiger partial charge on any atom is -0.444 e. The quantitative estimate of drug-likeness (QED) is 0.356. The molecule has 1 unspecified atom stereocenters. The number of aromatic nitrogens is 3. The summed E-state index contributed by atoms with van der Waals surface area (Å²) in [7, 11) is 0. The number of pyridine rings is 1. The van der Waals surface area contributed by atoms with Gasteiger partial charge in [-0.15, -0.1) is 0 Å². The number of carbonyl (C=O) groups is 2. The lowest BCUT2D eigenvalue weighted by Crippen LogP contribution is -2.31. The van der Waals surface area contributed by atoms with Crippen LogP contribution in [0.4, 0.5) is 21.2 Å². The largest absolute Gasteiger partial charge is 0.444 e. The van der Waals surface area contributed by atoms with Gasteiger partial charge in [0.15, 0.2) is 5.82 Å². The lowest BCUT2D eigenvalue weighted by atomic mass is 10.1. The fraction of sp³-hybridized carbons (Fsp3) is 0.130. The summed E-state index contributed by atoms with van der Waals surface area (Å²) >= 11 is 0. The van der Waals surface area contributed by atoms with E-state index in [9.17, 15) is 9.59 Å². The second-order valence-corrected chi connectivity index (χ2v) is 7.10. The van der Waals surface area contributed by atoms with Gasteiger partial charge in [0.25, 0.3) is 0 Å². The Labute approximate surface area is 184 Å². The maximum Gasteiger partial charge on any atom is 0.413 e. The van der Waals surface area contributed by atoms with Crippen molar-refractivity contribution < 1.29 is 14.3 Å². The minimum atomic E-state index is -0.626. The molecular formula is C23H22N6O3. The van der Waals surface area contributed by atoms with Gasteiger partial charge in [0, 0.05) is 12.3 Å². The molecule has 0 saturated heterocycles. The van der Waals surface area contributed by atoms with Gasteiger partial charge in [-0.1, -0.05) is 60.7 Å². The van der Waals surface area contributed by atoms with Gasteiger partial charge in [0.05, 0.1) is 16.9 Å². The molecule has 0 fully saturated rings. The van der Waals surface area contributed by atoms with E-state index in [1.807, 2.05) is 67.6 Å². The molecule has 9 nitrogen and oxygen atoms in total. The third-order valence-corrected chi connectivity index (χ3v) is 4.77. The minimum absolute atomic E-state index is 0.151. The highest BCUT2D eigenvalue weighted by Crippen LogP contribution is 2.22. The number of H-pyrrole nitrogens is 1. The van der Waals surface area contributed by atoms with Crippen molar-refractivity contribution >= 4 is 34.7 Å². The third kappa shape index (κ3) is 5.20. The number of aromatic amines is 1. The molecule has 0 bridgehead atoms. The van der Waals surface area contributed by atoms with E-state index in [1.165, 1.54) is 6.20 Å². The Morgan fingerprint density at radius 1 is 1.03 bits per heavy atom. The summed E-state index contributed by atoms with van der Waals surface area (Å²) < 4.78 is 5.21. The van der Waals surface area contributed by atoms with Crippen LogP contribution < -0.4 is 16.0 Å². The number of anilines is 2. The van der Waals surface area contributed by atoms with Gasteiger partial charge in [-0.05, 0) is 18.1 Å². The van der Waals surface area contributed by atoms with Crippen molar-refractivity contribution in [2.75, 3.05) is 10.6 Å². The first-order valence-corrected chi connectivity index (χ1v) is 10.0. The van der Waals surface area contributed by atoms with Crippen LogP contribution in [0.25, 0.3) is 10.9 Å². The molecular weight excluding hydrogens is 408 g/mol. The Balaban J connectivity index is 1.35. The van der Waals surface area contributed by atoms with Gasteiger partial charge in [0.2, 0.25) is 0 Å². The number of nitrogens with zero attached hydrogens (tertiary/aromatic N) is 2. The highest BCUT2D eigenvalue weighted by molar-refractivity contribution is 5.98. The average molecular weight is 430 g/mol. The summed E-state index contributed by atoms with van der Waals surface area (Å²) in [6, 6.07) is 20.1. The molecule has 0 spiro atoms. The first kappa shape index (κ1) is 20.9. The fourth-order valence-electron chi connectivity index (χ4n) is 3.11. The molecule has 0 aliphatic carbocycles. The van der Waals surface area contributed by atoms with E-state index in [2.05, 4.69) is 31.1 Å². The number of rotatable bonds is 6. The summed E-state index contributed by atoms with van der Waals surface area (Å²) in [5.41, 5.74) is 2.48. The molecule has 32 heavy (non-hydrogen) atoms. The van der Waals surface area contributed by atoms with Crippen molar-refractivity contribution in [3.05, 3.63) is 84.1 Å². The Morgan fingerprint density at radius 2 is 1.75 bits per heavy atom.